The average Bonchev–Trinajstić information content (AvgIpc) is 2.42. The van der Waals surface area contributed by atoms with Crippen LogP contribution in [0.15, 0.2) is 29.2 Å². The Morgan fingerprint density at radius 2 is 1.95 bits per heavy atom. The number of nitrogens with two attached hydrogens (primary N) is 2. The van der Waals surface area contributed by atoms with Gasteiger partial charge in [0, 0.05) is 6.54 Å². The topological polar surface area (TPSA) is 151 Å². The zero-order valence-electron chi connectivity index (χ0n) is 12.3. The first-order valence-corrected chi connectivity index (χ1v) is 8.17. The van der Waals surface area contributed by atoms with Crippen LogP contribution in [-0.2, 0) is 14.8 Å². The molecule has 0 aliphatic heterocycles. The number of aryl methyl sites for hydroxylation is 1. The van der Waals surface area contributed by atoms with Crippen LogP contribution in [-0.4, -0.2) is 32.9 Å². The van der Waals surface area contributed by atoms with Gasteiger partial charge in [-0.15, -0.1) is 0 Å². The molecule has 9 heteroatoms. The summed E-state index contributed by atoms with van der Waals surface area (Å²) < 4.78 is 27.0. The molecular formula is C13H21N5O3S. The quantitative estimate of drug-likeness (QED) is 0.245. The fourth-order valence-corrected chi connectivity index (χ4v) is 3.38. The summed E-state index contributed by atoms with van der Waals surface area (Å²) in [5, 5.41) is 9.58. The molecule has 0 fully saturated rings. The van der Waals surface area contributed by atoms with Gasteiger partial charge in [-0.1, -0.05) is 18.2 Å². The third-order valence-electron chi connectivity index (χ3n) is 3.01. The number of nitrogens with one attached hydrogen (secondary N) is 3. The number of rotatable bonds is 8. The summed E-state index contributed by atoms with van der Waals surface area (Å²) in [4.78, 5) is 11.5. The van der Waals surface area contributed by atoms with Crippen molar-refractivity contribution in [3.8, 4) is 0 Å². The number of benzene rings is 1. The van der Waals surface area contributed by atoms with E-state index in [0.717, 1.165) is 0 Å². The first-order chi connectivity index (χ1) is 10.2. The lowest BCUT2D eigenvalue weighted by Gasteiger charge is -2.16. The van der Waals surface area contributed by atoms with E-state index in [0.29, 0.717) is 18.5 Å². The van der Waals surface area contributed by atoms with Crippen molar-refractivity contribution in [3.05, 3.63) is 29.8 Å². The van der Waals surface area contributed by atoms with Crippen molar-refractivity contribution < 1.29 is 13.2 Å². The Bertz CT molecular complexity index is 645. The maximum absolute atomic E-state index is 12.3. The number of carbonyl (C=O) groups is 1. The highest BCUT2D eigenvalue weighted by molar-refractivity contribution is 7.89. The molecule has 1 rings (SSSR count). The lowest BCUT2D eigenvalue weighted by Crippen LogP contribution is -2.45. The molecule has 122 valence electrons. The second-order valence-corrected chi connectivity index (χ2v) is 6.51. The molecule has 1 aromatic carbocycles. The molecule has 1 atom stereocenters. The van der Waals surface area contributed by atoms with Gasteiger partial charge in [-0.3, -0.25) is 10.2 Å². The Morgan fingerprint density at radius 1 is 1.32 bits per heavy atom. The van der Waals surface area contributed by atoms with E-state index in [1.54, 1.807) is 25.1 Å². The highest BCUT2D eigenvalue weighted by Crippen LogP contribution is 2.15. The van der Waals surface area contributed by atoms with Crippen molar-refractivity contribution >= 4 is 21.9 Å². The Morgan fingerprint density at radius 3 is 2.50 bits per heavy atom. The number of sulfonamides is 1. The van der Waals surface area contributed by atoms with Crippen molar-refractivity contribution in [1.82, 2.24) is 10.0 Å². The molecule has 0 saturated carbocycles. The zero-order valence-corrected chi connectivity index (χ0v) is 13.1. The Balaban J connectivity index is 2.76. The van der Waals surface area contributed by atoms with Crippen LogP contribution in [0.5, 0.6) is 0 Å². The van der Waals surface area contributed by atoms with Gasteiger partial charge in [0.15, 0.2) is 5.96 Å². The lowest BCUT2D eigenvalue weighted by atomic mass is 10.1. The molecule has 0 heterocycles. The Hall–Kier alpha value is -2.13. The van der Waals surface area contributed by atoms with E-state index < -0.39 is 22.0 Å². The molecule has 22 heavy (non-hydrogen) atoms. The molecule has 7 N–H and O–H groups in total. The first kappa shape index (κ1) is 17.9. The van der Waals surface area contributed by atoms with E-state index >= 15 is 0 Å². The number of hydrogen-bond acceptors (Lipinski definition) is 4. The highest BCUT2D eigenvalue weighted by Gasteiger charge is 2.24. The fourth-order valence-electron chi connectivity index (χ4n) is 1.90. The van der Waals surface area contributed by atoms with Crippen molar-refractivity contribution in [3.63, 3.8) is 0 Å². The van der Waals surface area contributed by atoms with E-state index in [9.17, 15) is 13.2 Å². The molecule has 0 aromatic heterocycles. The molecule has 0 spiro atoms. The van der Waals surface area contributed by atoms with Gasteiger partial charge >= 0.3 is 0 Å². The predicted octanol–water partition coefficient (Wildman–Crippen LogP) is -0.610. The van der Waals surface area contributed by atoms with Crippen LogP contribution in [0.3, 0.4) is 0 Å². The minimum Gasteiger partial charge on any atom is -0.370 e. The van der Waals surface area contributed by atoms with Crippen LogP contribution in [0.25, 0.3) is 0 Å². The van der Waals surface area contributed by atoms with Gasteiger partial charge in [-0.25, -0.2) is 8.42 Å². The van der Waals surface area contributed by atoms with E-state index in [4.69, 9.17) is 16.9 Å². The SMILES string of the molecule is Cc1ccccc1S(=O)(=O)N[C@@H](CCCNC(=N)N)C(N)=O. The van der Waals surface area contributed by atoms with E-state index in [1.165, 1.54) is 6.07 Å². The summed E-state index contributed by atoms with van der Waals surface area (Å²) in [6.45, 7) is 2.02. The average molecular weight is 327 g/mol. The smallest absolute Gasteiger partial charge is 0.241 e. The molecule has 8 nitrogen and oxygen atoms in total. The third-order valence-corrected chi connectivity index (χ3v) is 4.64. The predicted molar refractivity (Wildman–Crippen MR) is 83.6 cm³/mol. The largest absolute Gasteiger partial charge is 0.370 e. The zero-order chi connectivity index (χ0) is 16.8. The number of carbonyl (C=O) groups excluding carboxylic acids is 1. The molecule has 0 bridgehead atoms. The molecule has 0 radical (unpaired) electrons. The molecule has 1 aromatic rings. The Labute approximate surface area is 129 Å². The molecule has 0 saturated heterocycles. The van der Waals surface area contributed by atoms with Crippen molar-refractivity contribution in [2.24, 2.45) is 11.5 Å². The summed E-state index contributed by atoms with van der Waals surface area (Å²) in [7, 11) is -3.83. The summed E-state index contributed by atoms with van der Waals surface area (Å²) in [6.07, 6.45) is 0.643. The number of hydrogen-bond donors (Lipinski definition) is 5. The lowest BCUT2D eigenvalue weighted by molar-refractivity contribution is -0.119. The monoisotopic (exact) mass is 327 g/mol. The minimum atomic E-state index is -3.83. The second-order valence-electron chi connectivity index (χ2n) is 4.82. The van der Waals surface area contributed by atoms with Crippen molar-refractivity contribution in [2.75, 3.05) is 6.54 Å². The van der Waals surface area contributed by atoms with Crippen molar-refractivity contribution in [1.29, 1.82) is 5.41 Å². The first-order valence-electron chi connectivity index (χ1n) is 6.69. The van der Waals surface area contributed by atoms with E-state index in [2.05, 4.69) is 10.0 Å². The second kappa shape index (κ2) is 7.76. The summed E-state index contributed by atoms with van der Waals surface area (Å²) in [5.41, 5.74) is 11.0. The van der Waals surface area contributed by atoms with E-state index in [1.807, 2.05) is 0 Å². The molecule has 0 aliphatic rings. The summed E-state index contributed by atoms with van der Waals surface area (Å²) >= 11 is 0. The standard InChI is InChI=1S/C13H21N5O3S/c1-9-5-2-3-7-11(9)22(20,21)18-10(12(14)19)6-4-8-17-13(15)16/h2-3,5,7,10,18H,4,6,8H2,1H3,(H2,14,19)(H4,15,16,17)/t10-/m0/s1. The fraction of sp³-hybridized carbons (Fsp3) is 0.385. The number of primary amides is 1. The van der Waals surface area contributed by atoms with Gasteiger partial charge in [0.25, 0.3) is 0 Å². The number of guanidine groups is 1. The normalized spacial score (nSPS) is 12.6. The van der Waals surface area contributed by atoms with Crippen LogP contribution in [0.2, 0.25) is 0 Å². The van der Waals surface area contributed by atoms with Gasteiger partial charge in [-0.2, -0.15) is 4.72 Å². The van der Waals surface area contributed by atoms with Crippen LogP contribution in [0, 0.1) is 12.3 Å². The van der Waals surface area contributed by atoms with Gasteiger partial charge in [0.2, 0.25) is 15.9 Å². The molecular weight excluding hydrogens is 306 g/mol. The third kappa shape index (κ3) is 5.34. The van der Waals surface area contributed by atoms with Crippen LogP contribution in [0.4, 0.5) is 0 Å². The maximum atomic E-state index is 12.3. The van der Waals surface area contributed by atoms with Gasteiger partial charge in [-0.05, 0) is 31.4 Å². The maximum Gasteiger partial charge on any atom is 0.241 e. The summed E-state index contributed by atoms with van der Waals surface area (Å²) in [6, 6.07) is 5.46. The molecule has 1 amide bonds. The van der Waals surface area contributed by atoms with Gasteiger partial charge in [0.05, 0.1) is 4.90 Å². The number of amides is 1. The Kier molecular flexibility index (Phi) is 6.32. The van der Waals surface area contributed by atoms with Gasteiger partial charge in [0.1, 0.15) is 6.04 Å². The van der Waals surface area contributed by atoms with Crippen LogP contribution < -0.4 is 21.5 Å². The molecule has 0 unspecified atom stereocenters. The van der Waals surface area contributed by atoms with Crippen LogP contribution in [0.1, 0.15) is 18.4 Å². The molecule has 0 aliphatic carbocycles. The minimum absolute atomic E-state index is 0.114. The summed E-state index contributed by atoms with van der Waals surface area (Å²) in [5.74, 6) is -0.934. The van der Waals surface area contributed by atoms with Crippen molar-refractivity contribution in [2.45, 2.75) is 30.7 Å². The van der Waals surface area contributed by atoms with E-state index in [-0.39, 0.29) is 17.3 Å². The van der Waals surface area contributed by atoms with Crippen LogP contribution >= 0.6 is 0 Å². The van der Waals surface area contributed by atoms with Gasteiger partial charge < -0.3 is 16.8 Å². The highest BCUT2D eigenvalue weighted by atomic mass is 32.2.